The highest BCUT2D eigenvalue weighted by atomic mass is 35.5. The Bertz CT molecular complexity index is 669. The van der Waals surface area contributed by atoms with Gasteiger partial charge in [-0.25, -0.2) is 0 Å². The van der Waals surface area contributed by atoms with Gasteiger partial charge in [0.1, 0.15) is 5.69 Å². The summed E-state index contributed by atoms with van der Waals surface area (Å²) in [5, 5.41) is 4.84. The van der Waals surface area contributed by atoms with Gasteiger partial charge in [-0.05, 0) is 18.6 Å². The molecule has 6 heteroatoms. The molecule has 1 amide bonds. The van der Waals surface area contributed by atoms with Gasteiger partial charge in [0.15, 0.2) is 5.76 Å². The summed E-state index contributed by atoms with van der Waals surface area (Å²) in [4.78, 5) is 15.7. The average Bonchev–Trinajstić information content (AvgIpc) is 2.86. The SMILES string of the molecule is CC(=O)N1CCCN(Cc2cc(-c3ccc(Cl)cc3)no2)CC1. The van der Waals surface area contributed by atoms with Crippen LogP contribution in [0.2, 0.25) is 5.02 Å². The molecule has 0 bridgehead atoms. The van der Waals surface area contributed by atoms with Crippen LogP contribution in [0.1, 0.15) is 19.1 Å². The van der Waals surface area contributed by atoms with Crippen molar-refractivity contribution in [2.24, 2.45) is 0 Å². The molecular weight excluding hydrogens is 314 g/mol. The number of carbonyl (C=O) groups is 1. The fourth-order valence-electron chi connectivity index (χ4n) is 2.81. The summed E-state index contributed by atoms with van der Waals surface area (Å²) in [5.74, 6) is 0.989. The summed E-state index contributed by atoms with van der Waals surface area (Å²) < 4.78 is 5.46. The van der Waals surface area contributed by atoms with Crippen LogP contribution < -0.4 is 0 Å². The van der Waals surface area contributed by atoms with Crippen molar-refractivity contribution >= 4 is 17.5 Å². The van der Waals surface area contributed by atoms with Crippen molar-refractivity contribution in [1.82, 2.24) is 15.0 Å². The highest BCUT2D eigenvalue weighted by Crippen LogP contribution is 2.22. The highest BCUT2D eigenvalue weighted by molar-refractivity contribution is 6.30. The monoisotopic (exact) mass is 333 g/mol. The second-order valence-corrected chi connectivity index (χ2v) is 6.26. The van der Waals surface area contributed by atoms with Gasteiger partial charge in [0, 0.05) is 49.8 Å². The Kier molecular flexibility index (Phi) is 4.98. The zero-order valence-corrected chi connectivity index (χ0v) is 13.9. The van der Waals surface area contributed by atoms with Crippen LogP contribution >= 0.6 is 11.6 Å². The fraction of sp³-hybridized carbons (Fsp3) is 0.412. The first-order valence-electron chi connectivity index (χ1n) is 7.81. The quantitative estimate of drug-likeness (QED) is 0.866. The molecular formula is C17H20ClN3O2. The maximum atomic E-state index is 11.5. The number of benzene rings is 1. The molecule has 0 aliphatic carbocycles. The molecule has 0 unspecified atom stereocenters. The van der Waals surface area contributed by atoms with Crippen LogP contribution in [0.3, 0.4) is 0 Å². The van der Waals surface area contributed by atoms with Gasteiger partial charge in [-0.1, -0.05) is 28.9 Å². The maximum absolute atomic E-state index is 11.5. The minimum absolute atomic E-state index is 0.150. The molecule has 1 aliphatic heterocycles. The van der Waals surface area contributed by atoms with Crippen LogP contribution in [0.25, 0.3) is 11.3 Å². The smallest absolute Gasteiger partial charge is 0.219 e. The summed E-state index contributed by atoms with van der Waals surface area (Å²) >= 11 is 5.90. The number of amides is 1. The Morgan fingerprint density at radius 2 is 2.00 bits per heavy atom. The molecule has 0 spiro atoms. The Morgan fingerprint density at radius 1 is 1.22 bits per heavy atom. The topological polar surface area (TPSA) is 49.6 Å². The zero-order chi connectivity index (χ0) is 16.2. The van der Waals surface area contributed by atoms with Crippen LogP contribution in [0.15, 0.2) is 34.9 Å². The third-order valence-corrected chi connectivity index (χ3v) is 4.36. The number of halogens is 1. The lowest BCUT2D eigenvalue weighted by Gasteiger charge is -2.19. The van der Waals surface area contributed by atoms with Crippen LogP contribution in [0.5, 0.6) is 0 Å². The lowest BCUT2D eigenvalue weighted by Crippen LogP contribution is -2.33. The van der Waals surface area contributed by atoms with Gasteiger partial charge in [0.2, 0.25) is 5.91 Å². The van der Waals surface area contributed by atoms with E-state index in [9.17, 15) is 4.79 Å². The molecule has 1 aromatic heterocycles. The molecule has 122 valence electrons. The van der Waals surface area contributed by atoms with Crippen LogP contribution in [-0.4, -0.2) is 47.0 Å². The standard InChI is InChI=1S/C17H20ClN3O2/c1-13(22)21-8-2-7-20(9-10-21)12-16-11-17(19-23-16)14-3-5-15(18)6-4-14/h3-6,11H,2,7-10,12H2,1H3. The second kappa shape index (κ2) is 7.15. The average molecular weight is 334 g/mol. The summed E-state index contributed by atoms with van der Waals surface area (Å²) in [7, 11) is 0. The summed E-state index contributed by atoms with van der Waals surface area (Å²) in [6.45, 7) is 5.76. The first-order chi connectivity index (χ1) is 11.1. The van der Waals surface area contributed by atoms with E-state index in [1.165, 1.54) is 0 Å². The summed E-state index contributed by atoms with van der Waals surface area (Å²) in [6.07, 6.45) is 0.984. The third-order valence-electron chi connectivity index (χ3n) is 4.11. The molecule has 0 radical (unpaired) electrons. The van der Waals surface area contributed by atoms with Gasteiger partial charge >= 0.3 is 0 Å². The molecule has 1 aliphatic rings. The fourth-order valence-corrected chi connectivity index (χ4v) is 2.93. The minimum atomic E-state index is 0.150. The Morgan fingerprint density at radius 3 is 2.74 bits per heavy atom. The number of carbonyl (C=O) groups excluding carboxylic acids is 1. The van der Waals surface area contributed by atoms with Crippen molar-refractivity contribution in [2.75, 3.05) is 26.2 Å². The van der Waals surface area contributed by atoms with Crippen LogP contribution in [-0.2, 0) is 11.3 Å². The largest absolute Gasteiger partial charge is 0.359 e. The number of hydrogen-bond acceptors (Lipinski definition) is 4. The molecule has 0 N–H and O–H groups in total. The Balaban J connectivity index is 1.62. The third kappa shape index (κ3) is 4.12. The maximum Gasteiger partial charge on any atom is 0.219 e. The van der Waals surface area contributed by atoms with Gasteiger partial charge < -0.3 is 9.42 Å². The van der Waals surface area contributed by atoms with E-state index in [1.807, 2.05) is 35.2 Å². The van der Waals surface area contributed by atoms with Crippen molar-refractivity contribution in [1.29, 1.82) is 0 Å². The van der Waals surface area contributed by atoms with E-state index in [4.69, 9.17) is 16.1 Å². The lowest BCUT2D eigenvalue weighted by molar-refractivity contribution is -0.128. The van der Waals surface area contributed by atoms with E-state index in [0.717, 1.165) is 49.6 Å². The highest BCUT2D eigenvalue weighted by Gasteiger charge is 2.18. The number of nitrogens with zero attached hydrogens (tertiary/aromatic N) is 3. The molecule has 1 saturated heterocycles. The van der Waals surface area contributed by atoms with Crippen molar-refractivity contribution in [3.05, 3.63) is 41.1 Å². The van der Waals surface area contributed by atoms with Crippen molar-refractivity contribution < 1.29 is 9.32 Å². The molecule has 2 aromatic rings. The van der Waals surface area contributed by atoms with Gasteiger partial charge in [-0.15, -0.1) is 0 Å². The van der Waals surface area contributed by atoms with E-state index < -0.39 is 0 Å². The van der Waals surface area contributed by atoms with E-state index in [-0.39, 0.29) is 5.91 Å². The molecule has 23 heavy (non-hydrogen) atoms. The van der Waals surface area contributed by atoms with Crippen LogP contribution in [0, 0.1) is 0 Å². The van der Waals surface area contributed by atoms with E-state index in [0.29, 0.717) is 11.6 Å². The van der Waals surface area contributed by atoms with E-state index in [1.54, 1.807) is 6.92 Å². The first kappa shape index (κ1) is 16.0. The zero-order valence-electron chi connectivity index (χ0n) is 13.2. The predicted octanol–water partition coefficient (Wildman–Crippen LogP) is 3.05. The van der Waals surface area contributed by atoms with Crippen molar-refractivity contribution in [3.63, 3.8) is 0 Å². The summed E-state index contributed by atoms with van der Waals surface area (Å²) in [5.41, 5.74) is 1.81. The number of hydrogen-bond donors (Lipinski definition) is 0. The van der Waals surface area contributed by atoms with Crippen LogP contribution in [0.4, 0.5) is 0 Å². The second-order valence-electron chi connectivity index (χ2n) is 5.82. The molecule has 0 saturated carbocycles. The molecule has 2 heterocycles. The van der Waals surface area contributed by atoms with Crippen molar-refractivity contribution in [3.8, 4) is 11.3 Å². The predicted molar refractivity (Wildman–Crippen MR) is 89.1 cm³/mol. The Hall–Kier alpha value is -1.85. The van der Waals surface area contributed by atoms with Gasteiger partial charge in [-0.3, -0.25) is 9.69 Å². The summed E-state index contributed by atoms with van der Waals surface area (Å²) in [6, 6.07) is 9.52. The number of rotatable bonds is 3. The van der Waals surface area contributed by atoms with Crippen molar-refractivity contribution in [2.45, 2.75) is 19.9 Å². The molecule has 0 atom stereocenters. The van der Waals surface area contributed by atoms with Gasteiger partial charge in [-0.2, -0.15) is 0 Å². The molecule has 3 rings (SSSR count). The van der Waals surface area contributed by atoms with Gasteiger partial charge in [0.05, 0.1) is 6.54 Å². The molecule has 5 nitrogen and oxygen atoms in total. The van der Waals surface area contributed by atoms with Gasteiger partial charge in [0.25, 0.3) is 0 Å². The molecule has 1 aromatic carbocycles. The first-order valence-corrected chi connectivity index (χ1v) is 8.19. The van der Waals surface area contributed by atoms with E-state index in [2.05, 4.69) is 10.1 Å². The lowest BCUT2D eigenvalue weighted by atomic mass is 10.1. The molecule has 1 fully saturated rings. The van der Waals surface area contributed by atoms with E-state index >= 15 is 0 Å². The Labute approximate surface area is 140 Å². The normalized spacial score (nSPS) is 16.3. The number of aromatic nitrogens is 1. The minimum Gasteiger partial charge on any atom is -0.359 e.